The fourth-order valence-electron chi connectivity index (χ4n) is 3.64. The summed E-state index contributed by atoms with van der Waals surface area (Å²) in [5, 5.41) is 3.31. The Morgan fingerprint density at radius 1 is 1.06 bits per heavy atom. The van der Waals surface area contributed by atoms with Gasteiger partial charge in [0, 0.05) is 31.1 Å². The number of rotatable bonds is 12. The Bertz CT molecular complexity index is 1070. The molecule has 0 bridgehead atoms. The Morgan fingerprint density at radius 2 is 1.74 bits per heavy atom. The van der Waals surface area contributed by atoms with Crippen LogP contribution in [0.5, 0.6) is 0 Å². The number of anilines is 1. The zero-order valence-electron chi connectivity index (χ0n) is 20.3. The number of hydrogen-bond acceptors (Lipinski definition) is 4. The molecule has 1 atom stereocenters. The Kier molecular flexibility index (Phi) is 10.4. The number of likely N-dealkylation sites (N-methyl/N-ethyl adjacent to an activating group) is 1. The standard InChI is InChI=1S/C25H34ClN3O4S/c1-5-20-12-14-23(15-13-20)29(34(4,32)33)16-8-11-24(30)28(19(3)25(31)27-6-2)18-21-9-7-10-22(26)17-21/h7,9-10,12-15,17,19H,5-6,8,11,16,18H2,1-4H3,(H,27,31)/t19-/m1/s1. The minimum atomic E-state index is -3.52. The number of sulfonamides is 1. The average Bonchev–Trinajstić information content (AvgIpc) is 2.79. The molecule has 0 radical (unpaired) electrons. The van der Waals surface area contributed by atoms with E-state index < -0.39 is 16.1 Å². The predicted molar refractivity (Wildman–Crippen MR) is 137 cm³/mol. The third-order valence-corrected chi connectivity index (χ3v) is 6.97. The maximum atomic E-state index is 13.2. The second-order valence-electron chi connectivity index (χ2n) is 8.18. The van der Waals surface area contributed by atoms with E-state index >= 15 is 0 Å². The molecule has 2 aromatic carbocycles. The first-order valence-electron chi connectivity index (χ1n) is 11.4. The van der Waals surface area contributed by atoms with Crippen molar-refractivity contribution in [3.8, 4) is 0 Å². The SMILES string of the molecule is CCNC(=O)[C@@H](C)N(Cc1cccc(Cl)c1)C(=O)CCCN(c1ccc(CC)cc1)S(C)(=O)=O. The smallest absolute Gasteiger partial charge is 0.242 e. The molecule has 0 aliphatic rings. The van der Waals surface area contributed by atoms with Gasteiger partial charge >= 0.3 is 0 Å². The molecule has 1 N–H and O–H groups in total. The van der Waals surface area contributed by atoms with Crippen LogP contribution >= 0.6 is 11.6 Å². The normalized spacial score (nSPS) is 12.1. The highest BCUT2D eigenvalue weighted by Gasteiger charge is 2.26. The van der Waals surface area contributed by atoms with E-state index in [4.69, 9.17) is 11.6 Å². The van der Waals surface area contributed by atoms with Crippen molar-refractivity contribution in [2.45, 2.75) is 52.6 Å². The van der Waals surface area contributed by atoms with Crippen molar-refractivity contribution in [2.24, 2.45) is 0 Å². The molecule has 0 spiro atoms. The number of carbonyl (C=O) groups excluding carboxylic acids is 2. The van der Waals surface area contributed by atoms with Crippen LogP contribution in [0.15, 0.2) is 48.5 Å². The summed E-state index contributed by atoms with van der Waals surface area (Å²) in [5.74, 6) is -0.472. The van der Waals surface area contributed by atoms with Crippen LogP contribution in [0.3, 0.4) is 0 Å². The van der Waals surface area contributed by atoms with Gasteiger partial charge in [0.25, 0.3) is 0 Å². The van der Waals surface area contributed by atoms with Crippen LogP contribution in [0.4, 0.5) is 5.69 Å². The zero-order valence-corrected chi connectivity index (χ0v) is 21.8. The third kappa shape index (κ3) is 8.02. The lowest BCUT2D eigenvalue weighted by molar-refractivity contribution is -0.140. The Morgan fingerprint density at radius 3 is 2.29 bits per heavy atom. The van der Waals surface area contributed by atoms with E-state index in [1.165, 1.54) is 9.21 Å². The van der Waals surface area contributed by atoms with E-state index in [1.54, 1.807) is 37.3 Å². The summed E-state index contributed by atoms with van der Waals surface area (Å²) in [6.07, 6.45) is 2.43. The van der Waals surface area contributed by atoms with Gasteiger partial charge in [0.1, 0.15) is 6.04 Å². The summed E-state index contributed by atoms with van der Waals surface area (Å²) in [6.45, 7) is 6.39. The lowest BCUT2D eigenvalue weighted by Gasteiger charge is -2.29. The van der Waals surface area contributed by atoms with E-state index in [1.807, 2.05) is 32.0 Å². The molecule has 2 rings (SSSR count). The number of nitrogens with zero attached hydrogens (tertiary/aromatic N) is 2. The van der Waals surface area contributed by atoms with Crippen LogP contribution in [0.25, 0.3) is 0 Å². The van der Waals surface area contributed by atoms with Crippen LogP contribution in [-0.4, -0.2) is 50.5 Å². The molecule has 0 unspecified atom stereocenters. The van der Waals surface area contributed by atoms with Crippen molar-refractivity contribution < 1.29 is 18.0 Å². The Hall–Kier alpha value is -2.58. The van der Waals surface area contributed by atoms with Gasteiger partial charge in [-0.25, -0.2) is 8.42 Å². The van der Waals surface area contributed by atoms with Crippen LogP contribution in [0, 0.1) is 0 Å². The lowest BCUT2D eigenvalue weighted by atomic mass is 10.1. The van der Waals surface area contributed by atoms with Gasteiger partial charge in [-0.15, -0.1) is 0 Å². The van der Waals surface area contributed by atoms with Gasteiger partial charge in [-0.05, 0) is 62.1 Å². The van der Waals surface area contributed by atoms with Gasteiger partial charge in [-0.3, -0.25) is 13.9 Å². The molecule has 0 aromatic heterocycles. The van der Waals surface area contributed by atoms with Crippen LogP contribution in [0.2, 0.25) is 5.02 Å². The number of nitrogens with one attached hydrogen (secondary N) is 1. The van der Waals surface area contributed by atoms with Gasteiger partial charge in [0.05, 0.1) is 11.9 Å². The van der Waals surface area contributed by atoms with Gasteiger partial charge in [-0.2, -0.15) is 0 Å². The van der Waals surface area contributed by atoms with E-state index in [-0.39, 0.29) is 31.3 Å². The summed E-state index contributed by atoms with van der Waals surface area (Å²) >= 11 is 6.09. The van der Waals surface area contributed by atoms with E-state index in [0.717, 1.165) is 23.8 Å². The molecule has 0 heterocycles. The van der Waals surface area contributed by atoms with Crippen molar-refractivity contribution in [3.05, 3.63) is 64.7 Å². The minimum absolute atomic E-state index is 0.101. The number of aryl methyl sites for hydroxylation is 1. The summed E-state index contributed by atoms with van der Waals surface area (Å²) in [5.41, 5.74) is 2.49. The topological polar surface area (TPSA) is 86.8 Å². The van der Waals surface area contributed by atoms with E-state index in [0.29, 0.717) is 23.7 Å². The van der Waals surface area contributed by atoms with Gasteiger partial charge in [0.15, 0.2) is 0 Å². The number of carbonyl (C=O) groups is 2. The fraction of sp³-hybridized carbons (Fsp3) is 0.440. The second kappa shape index (κ2) is 12.8. The molecule has 0 saturated heterocycles. The fourth-order valence-corrected chi connectivity index (χ4v) is 4.82. The number of halogens is 1. The molecule has 0 fully saturated rings. The van der Waals surface area contributed by atoms with Crippen LogP contribution in [-0.2, 0) is 32.6 Å². The van der Waals surface area contributed by atoms with E-state index in [2.05, 4.69) is 5.32 Å². The molecule has 186 valence electrons. The average molecular weight is 508 g/mol. The number of benzene rings is 2. The highest BCUT2D eigenvalue weighted by molar-refractivity contribution is 7.92. The highest BCUT2D eigenvalue weighted by atomic mass is 35.5. The van der Waals surface area contributed by atoms with Crippen LogP contribution in [0.1, 0.15) is 44.7 Å². The maximum absolute atomic E-state index is 13.2. The van der Waals surface area contributed by atoms with Crippen molar-refractivity contribution in [1.82, 2.24) is 10.2 Å². The van der Waals surface area contributed by atoms with Crippen LogP contribution < -0.4 is 9.62 Å². The maximum Gasteiger partial charge on any atom is 0.242 e. The quantitative estimate of drug-likeness (QED) is 0.470. The summed E-state index contributed by atoms with van der Waals surface area (Å²) in [7, 11) is -3.52. The molecular formula is C25H34ClN3O4S. The highest BCUT2D eigenvalue weighted by Crippen LogP contribution is 2.20. The molecule has 0 aliphatic carbocycles. The molecule has 34 heavy (non-hydrogen) atoms. The van der Waals surface area contributed by atoms with Gasteiger partial charge in [0.2, 0.25) is 21.8 Å². The van der Waals surface area contributed by atoms with Crippen molar-refractivity contribution in [2.75, 3.05) is 23.7 Å². The van der Waals surface area contributed by atoms with Gasteiger partial charge < -0.3 is 10.2 Å². The molecule has 2 aromatic rings. The van der Waals surface area contributed by atoms with Crippen molar-refractivity contribution >= 4 is 39.1 Å². The van der Waals surface area contributed by atoms with E-state index in [9.17, 15) is 18.0 Å². The molecular weight excluding hydrogens is 474 g/mol. The molecule has 0 saturated carbocycles. The lowest BCUT2D eigenvalue weighted by Crippen LogP contribution is -2.47. The summed E-state index contributed by atoms with van der Waals surface area (Å²) in [6, 6.07) is 13.8. The summed E-state index contributed by atoms with van der Waals surface area (Å²) < 4.78 is 26.1. The monoisotopic (exact) mass is 507 g/mol. The first-order chi connectivity index (χ1) is 16.1. The second-order valence-corrected chi connectivity index (χ2v) is 10.5. The van der Waals surface area contributed by atoms with Gasteiger partial charge in [-0.1, -0.05) is 42.8 Å². The first kappa shape index (κ1) is 27.7. The largest absolute Gasteiger partial charge is 0.355 e. The Balaban J connectivity index is 2.14. The predicted octanol–water partition coefficient (Wildman–Crippen LogP) is 4.00. The zero-order chi connectivity index (χ0) is 25.3. The third-order valence-electron chi connectivity index (χ3n) is 5.55. The van der Waals surface area contributed by atoms with Crippen molar-refractivity contribution in [3.63, 3.8) is 0 Å². The van der Waals surface area contributed by atoms with Crippen molar-refractivity contribution in [1.29, 1.82) is 0 Å². The summed E-state index contributed by atoms with van der Waals surface area (Å²) in [4.78, 5) is 27.2. The Labute approximate surface area is 208 Å². The molecule has 7 nitrogen and oxygen atoms in total. The molecule has 2 amide bonds. The number of hydrogen-bond donors (Lipinski definition) is 1. The minimum Gasteiger partial charge on any atom is -0.355 e. The molecule has 9 heteroatoms. The molecule has 0 aliphatic heterocycles. The first-order valence-corrected chi connectivity index (χ1v) is 13.7. The number of amides is 2.